The highest BCUT2D eigenvalue weighted by atomic mass is 32.2. The normalized spacial score (nSPS) is 13.6. The average Bonchev–Trinajstić information content (AvgIpc) is 2.58. The van der Waals surface area contributed by atoms with Crippen LogP contribution in [0.4, 0.5) is 18.9 Å². The summed E-state index contributed by atoms with van der Waals surface area (Å²) in [6, 6.07) is 5.29. The van der Waals surface area contributed by atoms with Gasteiger partial charge in [-0.2, -0.15) is 13.2 Å². The van der Waals surface area contributed by atoms with Crippen molar-refractivity contribution in [3.63, 3.8) is 0 Å². The Labute approximate surface area is 143 Å². The van der Waals surface area contributed by atoms with Gasteiger partial charge < -0.3 is 10.1 Å². The van der Waals surface area contributed by atoms with Gasteiger partial charge in [-0.1, -0.05) is 11.8 Å². The van der Waals surface area contributed by atoms with Crippen LogP contribution in [-0.4, -0.2) is 34.0 Å². The number of hydrogen-bond donors (Lipinski definition) is 1. The predicted molar refractivity (Wildman–Crippen MR) is 82.7 cm³/mol. The second-order valence-corrected chi connectivity index (χ2v) is 5.92. The number of thioether (sulfide) groups is 1. The number of benzene rings is 1. The molecule has 3 rings (SSSR count). The molecule has 0 aliphatic carbocycles. The second kappa shape index (κ2) is 6.71. The van der Waals surface area contributed by atoms with E-state index >= 15 is 0 Å². The number of fused-ring (bicyclic) bond motifs is 1. The first-order valence-electron chi connectivity index (χ1n) is 6.96. The van der Waals surface area contributed by atoms with E-state index in [-0.39, 0.29) is 29.2 Å². The number of amides is 1. The van der Waals surface area contributed by atoms with Gasteiger partial charge in [-0.25, -0.2) is 9.97 Å². The van der Waals surface area contributed by atoms with Gasteiger partial charge in [0.15, 0.2) is 17.5 Å². The van der Waals surface area contributed by atoms with E-state index in [9.17, 15) is 22.8 Å². The maximum Gasteiger partial charge on any atom is 0.433 e. The Morgan fingerprint density at radius 3 is 2.88 bits per heavy atom. The zero-order valence-electron chi connectivity index (χ0n) is 12.5. The van der Waals surface area contributed by atoms with Crippen molar-refractivity contribution in [2.24, 2.45) is 0 Å². The van der Waals surface area contributed by atoms with Crippen LogP contribution in [-0.2, 0) is 11.0 Å². The highest BCUT2D eigenvalue weighted by Crippen LogP contribution is 2.30. The predicted octanol–water partition coefficient (Wildman–Crippen LogP) is 2.80. The molecule has 1 aliphatic rings. The Bertz CT molecular complexity index is 842. The molecule has 0 saturated carbocycles. The number of nitrogens with one attached hydrogen (secondary N) is 1. The third-order valence-corrected chi connectivity index (χ3v) is 4.05. The molecule has 2 heterocycles. The van der Waals surface area contributed by atoms with Crippen LogP contribution in [0.3, 0.4) is 0 Å². The fourth-order valence-electron chi connectivity index (χ4n) is 2.04. The third-order valence-electron chi connectivity index (χ3n) is 3.19. The molecule has 0 fully saturated rings. The molecule has 1 N–H and O–H groups in total. The Balaban J connectivity index is 1.69. The largest absolute Gasteiger partial charge is 0.482 e. The highest BCUT2D eigenvalue weighted by Gasteiger charge is 2.32. The molecule has 0 bridgehead atoms. The molecule has 6 nitrogen and oxygen atoms in total. The summed E-state index contributed by atoms with van der Waals surface area (Å²) in [4.78, 5) is 30.6. The molecule has 2 aromatic rings. The van der Waals surface area contributed by atoms with Crippen LogP contribution in [0.1, 0.15) is 16.1 Å². The molecule has 1 amide bonds. The lowest BCUT2D eigenvalue weighted by Gasteiger charge is -2.18. The van der Waals surface area contributed by atoms with Crippen LogP contribution in [0, 0.1) is 0 Å². The maximum absolute atomic E-state index is 12.6. The minimum absolute atomic E-state index is 0.0942. The zero-order valence-corrected chi connectivity index (χ0v) is 13.3. The van der Waals surface area contributed by atoms with Crippen molar-refractivity contribution in [2.75, 3.05) is 17.7 Å². The number of alkyl halides is 3. The average molecular weight is 369 g/mol. The van der Waals surface area contributed by atoms with Gasteiger partial charge in [0.05, 0.1) is 11.4 Å². The van der Waals surface area contributed by atoms with Crippen molar-refractivity contribution in [2.45, 2.75) is 11.3 Å². The van der Waals surface area contributed by atoms with Gasteiger partial charge in [0.2, 0.25) is 0 Å². The molecule has 0 spiro atoms. The van der Waals surface area contributed by atoms with Gasteiger partial charge in [-0.05, 0) is 24.3 Å². The van der Waals surface area contributed by atoms with Crippen LogP contribution in [0.2, 0.25) is 0 Å². The van der Waals surface area contributed by atoms with Gasteiger partial charge in [0.25, 0.3) is 5.91 Å². The van der Waals surface area contributed by atoms with Crippen molar-refractivity contribution in [1.29, 1.82) is 0 Å². The van der Waals surface area contributed by atoms with E-state index in [1.54, 1.807) is 6.07 Å². The molecule has 10 heteroatoms. The van der Waals surface area contributed by atoms with Gasteiger partial charge in [0.1, 0.15) is 11.4 Å². The Hall–Kier alpha value is -2.62. The highest BCUT2D eigenvalue weighted by molar-refractivity contribution is 7.99. The quantitative estimate of drug-likeness (QED) is 0.507. The fourth-order valence-corrected chi connectivity index (χ4v) is 2.76. The molecule has 1 aromatic heterocycles. The number of carbonyl (C=O) groups excluding carboxylic acids is 2. The number of aromatic nitrogens is 2. The van der Waals surface area contributed by atoms with Crippen molar-refractivity contribution in [3.8, 4) is 5.75 Å². The monoisotopic (exact) mass is 369 g/mol. The molecule has 0 radical (unpaired) electrons. The summed E-state index contributed by atoms with van der Waals surface area (Å²) in [5.41, 5.74) is -0.391. The number of ether oxygens (including phenoxy) is 1. The Morgan fingerprint density at radius 1 is 1.32 bits per heavy atom. The molecule has 25 heavy (non-hydrogen) atoms. The van der Waals surface area contributed by atoms with Crippen LogP contribution < -0.4 is 10.1 Å². The summed E-state index contributed by atoms with van der Waals surface area (Å²) in [6.07, 6.45) is -3.58. The van der Waals surface area contributed by atoms with Crippen molar-refractivity contribution >= 4 is 29.1 Å². The summed E-state index contributed by atoms with van der Waals surface area (Å²) in [7, 11) is 0. The number of hydrogen-bond acceptors (Lipinski definition) is 6. The molecule has 1 aromatic carbocycles. The van der Waals surface area contributed by atoms with Crippen LogP contribution >= 0.6 is 11.8 Å². The summed E-state index contributed by atoms with van der Waals surface area (Å²) >= 11 is 0.801. The lowest BCUT2D eigenvalue weighted by molar-refractivity contribution is -0.141. The SMILES string of the molecule is O=C1COc2ccc(C(=O)CSc3nccc(C(F)(F)F)n3)cc2N1. The van der Waals surface area contributed by atoms with Crippen LogP contribution in [0.25, 0.3) is 0 Å². The molecular weight excluding hydrogens is 359 g/mol. The summed E-state index contributed by atoms with van der Waals surface area (Å²) in [6.45, 7) is -0.0942. The number of carbonyl (C=O) groups is 2. The minimum atomic E-state index is -4.57. The van der Waals surface area contributed by atoms with Crippen molar-refractivity contribution < 1.29 is 27.5 Å². The number of Topliss-reactive ketones (excluding diaryl/α,β-unsaturated/α-hetero) is 1. The third kappa shape index (κ3) is 4.08. The van der Waals surface area contributed by atoms with Gasteiger partial charge in [-0.15, -0.1) is 0 Å². The molecular formula is C15H10F3N3O3S. The Morgan fingerprint density at radius 2 is 2.12 bits per heavy atom. The van der Waals surface area contributed by atoms with Gasteiger partial charge >= 0.3 is 6.18 Å². The fraction of sp³-hybridized carbons (Fsp3) is 0.200. The van der Waals surface area contributed by atoms with E-state index in [4.69, 9.17) is 4.74 Å². The number of rotatable bonds is 4. The number of halogens is 3. The Kier molecular flexibility index (Phi) is 4.62. The van der Waals surface area contributed by atoms with Gasteiger partial charge in [-0.3, -0.25) is 9.59 Å². The first-order valence-corrected chi connectivity index (χ1v) is 7.94. The van der Waals surface area contributed by atoms with Crippen LogP contribution in [0.5, 0.6) is 5.75 Å². The lowest BCUT2D eigenvalue weighted by Crippen LogP contribution is -2.25. The molecule has 0 atom stereocenters. The van der Waals surface area contributed by atoms with E-state index in [1.165, 1.54) is 12.1 Å². The van der Waals surface area contributed by atoms with Crippen molar-refractivity contribution in [3.05, 3.63) is 41.7 Å². The zero-order chi connectivity index (χ0) is 18.0. The van der Waals surface area contributed by atoms with Crippen molar-refractivity contribution in [1.82, 2.24) is 9.97 Å². The molecule has 0 saturated heterocycles. The number of nitrogens with zero attached hydrogens (tertiary/aromatic N) is 2. The minimum Gasteiger partial charge on any atom is -0.482 e. The summed E-state index contributed by atoms with van der Waals surface area (Å²) < 4.78 is 43.0. The topological polar surface area (TPSA) is 81.2 Å². The smallest absolute Gasteiger partial charge is 0.433 e. The van der Waals surface area contributed by atoms with E-state index in [1.807, 2.05) is 0 Å². The maximum atomic E-state index is 12.6. The van der Waals surface area contributed by atoms with E-state index in [0.29, 0.717) is 17.0 Å². The van der Waals surface area contributed by atoms with Gasteiger partial charge in [0, 0.05) is 11.8 Å². The molecule has 0 unspecified atom stereocenters. The molecule has 130 valence electrons. The summed E-state index contributed by atoms with van der Waals surface area (Å²) in [5.74, 6) is -0.364. The number of ketones is 1. The second-order valence-electron chi connectivity index (χ2n) is 4.98. The number of anilines is 1. The van der Waals surface area contributed by atoms with E-state index in [0.717, 1.165) is 24.0 Å². The lowest BCUT2D eigenvalue weighted by atomic mass is 10.1. The first-order chi connectivity index (χ1) is 11.8. The van der Waals surface area contributed by atoms with E-state index < -0.39 is 11.9 Å². The standard InChI is InChI=1S/C15H10F3N3O3S/c16-15(17,18)12-3-4-19-14(21-12)25-7-10(22)8-1-2-11-9(5-8)20-13(23)6-24-11/h1-5H,6-7H2,(H,20,23). The summed E-state index contributed by atoms with van der Waals surface area (Å²) in [5, 5.41) is 2.44. The molecule has 1 aliphatic heterocycles. The van der Waals surface area contributed by atoms with E-state index in [2.05, 4.69) is 15.3 Å². The van der Waals surface area contributed by atoms with Crippen LogP contribution in [0.15, 0.2) is 35.6 Å². The first kappa shape index (κ1) is 17.2.